The first-order valence-corrected chi connectivity index (χ1v) is 11.8. The highest BCUT2D eigenvalue weighted by Crippen LogP contribution is 2.41. The highest BCUT2D eigenvalue weighted by atomic mass is 16.5. The fourth-order valence-corrected chi connectivity index (χ4v) is 5.01. The fourth-order valence-electron chi connectivity index (χ4n) is 5.01. The zero-order valence-electron chi connectivity index (χ0n) is 19.4. The van der Waals surface area contributed by atoms with Gasteiger partial charge >= 0.3 is 0 Å². The average Bonchev–Trinajstić information content (AvgIpc) is 3.21. The van der Waals surface area contributed by atoms with Crippen molar-refractivity contribution in [3.8, 4) is 5.75 Å². The lowest BCUT2D eigenvalue weighted by atomic mass is 9.79. The molecule has 1 atom stereocenters. The number of amidine groups is 1. The lowest BCUT2D eigenvalue weighted by Crippen LogP contribution is -2.53. The quantitative estimate of drug-likeness (QED) is 0.508. The standard InChI is InChI=1S/C27H29N5O2/c1-29-27(33)21-12-10-20(11-13-21)25-24-17-30-14-15-32(24,28)26(31-25)22-8-5-9-23(16-22)34-18-19-6-3-2-4-7-19/h2-9,14-17,20-21H,10-13,18,28H2,1H3/p+1. The molecule has 0 spiro atoms. The smallest absolute Gasteiger partial charge is 0.265 e. The molecule has 1 saturated carbocycles. The molecule has 1 aliphatic carbocycles. The van der Waals surface area contributed by atoms with E-state index in [1.807, 2.05) is 67.0 Å². The number of nitrogens with two attached hydrogens (primary N) is 1. The van der Waals surface area contributed by atoms with Crippen LogP contribution in [0.3, 0.4) is 0 Å². The number of nitrogens with one attached hydrogen (secondary N) is 1. The number of benzene rings is 2. The summed E-state index contributed by atoms with van der Waals surface area (Å²) in [6, 6.07) is 18.0. The summed E-state index contributed by atoms with van der Waals surface area (Å²) in [4.78, 5) is 21.5. The third kappa shape index (κ3) is 4.20. The molecular weight excluding hydrogens is 426 g/mol. The van der Waals surface area contributed by atoms with Crippen LogP contribution in [-0.2, 0) is 11.4 Å². The van der Waals surface area contributed by atoms with E-state index in [2.05, 4.69) is 10.3 Å². The zero-order valence-corrected chi connectivity index (χ0v) is 19.4. The van der Waals surface area contributed by atoms with Gasteiger partial charge in [0.25, 0.3) is 5.84 Å². The highest BCUT2D eigenvalue weighted by molar-refractivity contribution is 6.00. The predicted octanol–water partition coefficient (Wildman–Crippen LogP) is 4.04. The van der Waals surface area contributed by atoms with Crippen molar-refractivity contribution >= 4 is 18.0 Å². The Bertz CT molecular complexity index is 1190. The Kier molecular flexibility index (Phi) is 6.13. The maximum absolute atomic E-state index is 12.1. The number of carbonyl (C=O) groups excluding carboxylic acids is 1. The van der Waals surface area contributed by atoms with Crippen LogP contribution in [0.1, 0.15) is 36.8 Å². The van der Waals surface area contributed by atoms with Crippen LogP contribution in [0.5, 0.6) is 5.75 Å². The maximum Gasteiger partial charge on any atom is 0.265 e. The van der Waals surface area contributed by atoms with Crippen LogP contribution < -0.4 is 15.9 Å². The van der Waals surface area contributed by atoms with Crippen molar-refractivity contribution in [1.29, 1.82) is 0 Å². The van der Waals surface area contributed by atoms with E-state index in [9.17, 15) is 4.79 Å². The van der Waals surface area contributed by atoms with E-state index in [-0.39, 0.29) is 22.3 Å². The number of hydrogen-bond acceptors (Lipinski definition) is 5. The van der Waals surface area contributed by atoms with E-state index in [1.54, 1.807) is 13.2 Å². The second-order valence-electron chi connectivity index (χ2n) is 9.02. The molecule has 0 aromatic heterocycles. The van der Waals surface area contributed by atoms with Crippen LogP contribution >= 0.6 is 0 Å². The minimum atomic E-state index is -0.00362. The molecule has 7 nitrogen and oxygen atoms in total. The van der Waals surface area contributed by atoms with Gasteiger partial charge in [-0.25, -0.2) is 0 Å². The number of aliphatic imine (C=N–C) groups is 2. The van der Waals surface area contributed by atoms with Crippen LogP contribution in [0.15, 0.2) is 88.4 Å². The number of allylic oxidation sites excluding steroid dienone is 2. The normalized spacial score (nSPS) is 25.6. The summed E-state index contributed by atoms with van der Waals surface area (Å²) >= 11 is 0. The van der Waals surface area contributed by atoms with Gasteiger partial charge in [0.15, 0.2) is 0 Å². The van der Waals surface area contributed by atoms with E-state index in [0.29, 0.717) is 6.61 Å². The maximum atomic E-state index is 12.1. The van der Waals surface area contributed by atoms with Crippen molar-refractivity contribution in [3.05, 3.63) is 89.5 Å². The molecule has 2 aromatic rings. The van der Waals surface area contributed by atoms with Crippen molar-refractivity contribution in [2.24, 2.45) is 27.7 Å². The Hall–Kier alpha value is -3.55. The lowest BCUT2D eigenvalue weighted by Gasteiger charge is -2.28. The van der Waals surface area contributed by atoms with Crippen LogP contribution in [0.2, 0.25) is 0 Å². The summed E-state index contributed by atoms with van der Waals surface area (Å²) in [7, 11) is 1.70. The Morgan fingerprint density at radius 2 is 1.91 bits per heavy atom. The second-order valence-corrected chi connectivity index (χ2v) is 9.02. The van der Waals surface area contributed by atoms with Gasteiger partial charge < -0.3 is 10.1 Å². The van der Waals surface area contributed by atoms with Crippen molar-refractivity contribution < 1.29 is 14.1 Å². The third-order valence-corrected chi connectivity index (χ3v) is 6.89. The van der Waals surface area contributed by atoms with Crippen molar-refractivity contribution in [3.63, 3.8) is 0 Å². The molecule has 0 radical (unpaired) electrons. The number of hydrogen-bond donors (Lipinski definition) is 2. The number of rotatable bonds is 6. The second kappa shape index (κ2) is 9.37. The van der Waals surface area contributed by atoms with Gasteiger partial charge in [0, 0.05) is 18.9 Å². The molecule has 174 valence electrons. The summed E-state index contributed by atoms with van der Waals surface area (Å²) in [5.41, 5.74) is 3.91. The SMILES string of the molecule is CNC(=O)C1CCC(C2=C3C=NC=C[N+]3(N)C(c3cccc(OCc4ccccc4)c3)=N2)CC1. The first kappa shape index (κ1) is 22.3. The molecule has 0 bridgehead atoms. The number of fused-ring (bicyclic) bond motifs is 1. The van der Waals surface area contributed by atoms with Crippen molar-refractivity contribution in [1.82, 2.24) is 5.32 Å². The largest absolute Gasteiger partial charge is 0.489 e. The molecule has 1 unspecified atom stereocenters. The van der Waals surface area contributed by atoms with Crippen LogP contribution in [0, 0.1) is 11.8 Å². The first-order valence-electron chi connectivity index (χ1n) is 11.8. The molecule has 2 aliphatic heterocycles. The number of quaternary nitrogens is 1. The summed E-state index contributed by atoms with van der Waals surface area (Å²) in [6.45, 7) is 0.495. The highest BCUT2D eigenvalue weighted by Gasteiger charge is 2.46. The van der Waals surface area contributed by atoms with E-state index < -0.39 is 0 Å². The van der Waals surface area contributed by atoms with Crippen LogP contribution in [0.4, 0.5) is 0 Å². The molecule has 3 N–H and O–H groups in total. The van der Waals surface area contributed by atoms with E-state index >= 15 is 0 Å². The Morgan fingerprint density at radius 3 is 2.68 bits per heavy atom. The minimum Gasteiger partial charge on any atom is -0.489 e. The topological polar surface area (TPSA) is 89.1 Å². The summed E-state index contributed by atoms with van der Waals surface area (Å²) in [6.07, 6.45) is 8.94. The fraction of sp³-hybridized carbons (Fsp3) is 0.296. The van der Waals surface area contributed by atoms with Gasteiger partial charge in [-0.1, -0.05) is 36.4 Å². The van der Waals surface area contributed by atoms with Crippen molar-refractivity contribution in [2.75, 3.05) is 7.05 Å². The number of ether oxygens (including phenoxy) is 1. The van der Waals surface area contributed by atoms with Gasteiger partial charge in [-0.3, -0.25) is 9.79 Å². The Labute approximate surface area is 199 Å². The van der Waals surface area contributed by atoms with E-state index in [1.165, 1.54) is 0 Å². The summed E-state index contributed by atoms with van der Waals surface area (Å²) in [5.74, 6) is 8.90. The molecule has 3 aliphatic rings. The van der Waals surface area contributed by atoms with E-state index in [4.69, 9.17) is 15.6 Å². The van der Waals surface area contributed by atoms with Gasteiger partial charge in [-0.15, -0.1) is 4.59 Å². The van der Waals surface area contributed by atoms with Crippen molar-refractivity contribution in [2.45, 2.75) is 32.3 Å². The molecule has 2 heterocycles. The zero-order chi connectivity index (χ0) is 23.5. The predicted molar refractivity (Wildman–Crippen MR) is 132 cm³/mol. The average molecular weight is 457 g/mol. The number of carbonyl (C=O) groups is 1. The van der Waals surface area contributed by atoms with Gasteiger partial charge in [0.2, 0.25) is 11.6 Å². The van der Waals surface area contributed by atoms with Gasteiger partial charge in [-0.05, 0) is 49.4 Å². The number of nitrogens with zero attached hydrogens (tertiary/aromatic N) is 3. The summed E-state index contributed by atoms with van der Waals surface area (Å²) in [5, 5.41) is 2.78. The molecule has 34 heavy (non-hydrogen) atoms. The summed E-state index contributed by atoms with van der Waals surface area (Å²) < 4.78 is 6.05. The lowest BCUT2D eigenvalue weighted by molar-refractivity contribution is -0.750. The van der Waals surface area contributed by atoms with Gasteiger partial charge in [0.05, 0.1) is 18.0 Å². The Morgan fingerprint density at radius 1 is 1.12 bits per heavy atom. The van der Waals surface area contributed by atoms with Gasteiger partial charge in [-0.2, -0.15) is 10.8 Å². The monoisotopic (exact) mass is 456 g/mol. The molecule has 7 heteroatoms. The third-order valence-electron chi connectivity index (χ3n) is 6.89. The van der Waals surface area contributed by atoms with Crippen LogP contribution in [-0.4, -0.2) is 29.6 Å². The molecule has 5 rings (SSSR count). The van der Waals surface area contributed by atoms with E-state index in [0.717, 1.165) is 59.8 Å². The molecule has 1 amide bonds. The van der Waals surface area contributed by atoms with Crippen LogP contribution in [0.25, 0.3) is 0 Å². The van der Waals surface area contributed by atoms with Gasteiger partial charge in [0.1, 0.15) is 24.3 Å². The number of amides is 1. The Balaban J connectivity index is 1.40. The molecule has 0 saturated heterocycles. The molecule has 1 fully saturated rings. The first-order chi connectivity index (χ1) is 16.6. The molecule has 2 aromatic carbocycles. The molecular formula is C27H30N5O2+. The minimum absolute atomic E-state index is 0.00362.